The lowest BCUT2D eigenvalue weighted by molar-refractivity contribution is -0.384. The summed E-state index contributed by atoms with van der Waals surface area (Å²) in [7, 11) is 0. The van der Waals surface area contributed by atoms with Crippen molar-refractivity contribution in [3.05, 3.63) is 64.5 Å². The Morgan fingerprint density at radius 1 is 1.13 bits per heavy atom. The van der Waals surface area contributed by atoms with Gasteiger partial charge < -0.3 is 14.6 Å². The van der Waals surface area contributed by atoms with Crippen molar-refractivity contribution >= 4 is 17.3 Å². The van der Waals surface area contributed by atoms with Crippen LogP contribution >= 0.6 is 0 Å². The maximum Gasteiger partial charge on any atom is 0.269 e. The quantitative estimate of drug-likeness (QED) is 0.494. The van der Waals surface area contributed by atoms with E-state index in [0.717, 1.165) is 43.0 Å². The molecule has 0 saturated carbocycles. The Morgan fingerprint density at radius 3 is 2.77 bits per heavy atom. The van der Waals surface area contributed by atoms with Crippen LogP contribution in [0.3, 0.4) is 0 Å². The number of non-ortho nitro benzene ring substituents is 1. The second kappa shape index (κ2) is 8.73. The second-order valence-electron chi connectivity index (χ2n) is 7.07. The van der Waals surface area contributed by atoms with E-state index < -0.39 is 4.92 Å². The summed E-state index contributed by atoms with van der Waals surface area (Å²) in [6.07, 6.45) is 4.36. The topological polar surface area (TPSA) is 112 Å². The van der Waals surface area contributed by atoms with Gasteiger partial charge in [-0.05, 0) is 37.1 Å². The van der Waals surface area contributed by atoms with E-state index in [1.54, 1.807) is 6.07 Å². The van der Waals surface area contributed by atoms with Gasteiger partial charge in [0, 0.05) is 36.3 Å². The molecule has 0 radical (unpaired) electrons. The summed E-state index contributed by atoms with van der Waals surface area (Å²) < 4.78 is 7.56. The molecule has 0 fully saturated rings. The normalized spacial score (nSPS) is 13.2. The van der Waals surface area contributed by atoms with Crippen molar-refractivity contribution < 1.29 is 14.5 Å². The number of fused-ring (bicyclic) bond motifs is 1. The van der Waals surface area contributed by atoms with Crippen molar-refractivity contribution in [1.29, 1.82) is 0 Å². The van der Waals surface area contributed by atoms with Crippen LogP contribution in [-0.2, 0) is 17.8 Å². The molecule has 30 heavy (non-hydrogen) atoms. The Morgan fingerprint density at radius 2 is 1.97 bits per heavy atom. The van der Waals surface area contributed by atoms with Crippen molar-refractivity contribution in [1.82, 2.24) is 14.8 Å². The first-order chi connectivity index (χ1) is 14.6. The highest BCUT2D eigenvalue weighted by Crippen LogP contribution is 2.25. The number of anilines is 1. The molecule has 9 nitrogen and oxygen atoms in total. The van der Waals surface area contributed by atoms with Gasteiger partial charge in [0.2, 0.25) is 0 Å². The summed E-state index contributed by atoms with van der Waals surface area (Å²) in [4.78, 5) is 22.5. The molecule has 0 spiro atoms. The number of aromatic nitrogens is 3. The van der Waals surface area contributed by atoms with Gasteiger partial charge in [-0.1, -0.05) is 18.6 Å². The molecule has 3 aromatic rings. The van der Waals surface area contributed by atoms with E-state index in [1.807, 2.05) is 18.2 Å². The molecule has 0 saturated heterocycles. The van der Waals surface area contributed by atoms with Crippen LogP contribution < -0.4 is 10.1 Å². The number of rotatable bonds is 6. The number of hydrogen-bond acceptors (Lipinski definition) is 6. The number of carbonyl (C=O) groups is 1. The molecular formula is C21H21N5O4. The lowest BCUT2D eigenvalue weighted by Crippen LogP contribution is -2.20. The van der Waals surface area contributed by atoms with Crippen LogP contribution in [0.1, 0.15) is 25.1 Å². The zero-order valence-corrected chi connectivity index (χ0v) is 16.3. The molecule has 0 bridgehead atoms. The highest BCUT2D eigenvalue weighted by Gasteiger charge is 2.16. The summed E-state index contributed by atoms with van der Waals surface area (Å²) in [5.74, 6) is 1.87. The van der Waals surface area contributed by atoms with Crippen LogP contribution in [0.2, 0.25) is 0 Å². The van der Waals surface area contributed by atoms with E-state index in [-0.39, 0.29) is 18.2 Å². The number of ether oxygens (including phenoxy) is 1. The SMILES string of the molecule is O=C(COc1ccc([N+](=O)[O-])cc1)Nc1cccc(-c2nnc3n2CCCCC3)c1. The number of nitrogens with one attached hydrogen (secondary N) is 1. The highest BCUT2D eigenvalue weighted by molar-refractivity contribution is 5.92. The molecule has 9 heteroatoms. The van der Waals surface area contributed by atoms with Gasteiger partial charge in [-0.25, -0.2) is 0 Å². The molecule has 4 rings (SSSR count). The number of nitro benzene ring substituents is 1. The van der Waals surface area contributed by atoms with Crippen molar-refractivity contribution in [3.8, 4) is 17.1 Å². The van der Waals surface area contributed by atoms with Gasteiger partial charge in [0.25, 0.3) is 11.6 Å². The molecule has 2 aromatic carbocycles. The van der Waals surface area contributed by atoms with Gasteiger partial charge in [-0.3, -0.25) is 14.9 Å². The second-order valence-corrected chi connectivity index (χ2v) is 7.07. The summed E-state index contributed by atoms with van der Waals surface area (Å²) >= 11 is 0. The number of carbonyl (C=O) groups excluding carboxylic acids is 1. The fourth-order valence-corrected chi connectivity index (χ4v) is 3.44. The summed E-state index contributed by atoms with van der Waals surface area (Å²) in [5.41, 5.74) is 1.50. The predicted octanol–water partition coefficient (Wildman–Crippen LogP) is 3.60. The van der Waals surface area contributed by atoms with E-state index in [4.69, 9.17) is 4.74 Å². The molecular weight excluding hydrogens is 386 g/mol. The molecule has 0 aliphatic carbocycles. The highest BCUT2D eigenvalue weighted by atomic mass is 16.6. The molecule has 1 aromatic heterocycles. The van der Waals surface area contributed by atoms with Crippen molar-refractivity contribution in [2.24, 2.45) is 0 Å². The minimum Gasteiger partial charge on any atom is -0.484 e. The van der Waals surface area contributed by atoms with Gasteiger partial charge in [0.05, 0.1) is 4.92 Å². The van der Waals surface area contributed by atoms with Crippen LogP contribution in [0.25, 0.3) is 11.4 Å². The zero-order chi connectivity index (χ0) is 20.9. The zero-order valence-electron chi connectivity index (χ0n) is 16.3. The largest absolute Gasteiger partial charge is 0.484 e. The van der Waals surface area contributed by atoms with Crippen LogP contribution in [0, 0.1) is 10.1 Å². The van der Waals surface area contributed by atoms with Crippen LogP contribution in [-0.4, -0.2) is 32.2 Å². The Hall–Kier alpha value is -3.75. The Kier molecular flexibility index (Phi) is 5.69. The van der Waals surface area contributed by atoms with E-state index in [1.165, 1.54) is 30.7 Å². The predicted molar refractivity (Wildman–Crippen MR) is 110 cm³/mol. The molecule has 1 N–H and O–H groups in total. The van der Waals surface area contributed by atoms with Crippen LogP contribution in [0.15, 0.2) is 48.5 Å². The number of aryl methyl sites for hydroxylation is 1. The number of hydrogen-bond donors (Lipinski definition) is 1. The maximum absolute atomic E-state index is 12.3. The monoisotopic (exact) mass is 407 g/mol. The lowest BCUT2D eigenvalue weighted by Gasteiger charge is -2.10. The first-order valence-corrected chi connectivity index (χ1v) is 9.80. The molecule has 1 aliphatic heterocycles. The molecule has 1 amide bonds. The number of amides is 1. The van der Waals surface area contributed by atoms with Crippen molar-refractivity contribution in [2.75, 3.05) is 11.9 Å². The van der Waals surface area contributed by atoms with Gasteiger partial charge in [-0.15, -0.1) is 10.2 Å². The van der Waals surface area contributed by atoms with Crippen molar-refractivity contribution in [3.63, 3.8) is 0 Å². The lowest BCUT2D eigenvalue weighted by atomic mass is 10.2. The van der Waals surface area contributed by atoms with E-state index in [0.29, 0.717) is 11.4 Å². The Labute approximate surface area is 172 Å². The third-order valence-corrected chi connectivity index (χ3v) is 4.93. The molecule has 154 valence electrons. The maximum atomic E-state index is 12.3. The smallest absolute Gasteiger partial charge is 0.269 e. The van der Waals surface area contributed by atoms with Gasteiger partial charge in [-0.2, -0.15) is 0 Å². The number of nitro groups is 1. The number of benzene rings is 2. The molecule has 0 unspecified atom stereocenters. The third-order valence-electron chi connectivity index (χ3n) is 4.93. The number of nitrogens with zero attached hydrogens (tertiary/aromatic N) is 4. The molecule has 2 heterocycles. The van der Waals surface area contributed by atoms with E-state index in [2.05, 4.69) is 20.1 Å². The standard InChI is InChI=1S/C21H21N5O4/c27-20(14-30-18-10-8-17(9-11-18)26(28)29)22-16-6-4-5-15(13-16)21-24-23-19-7-2-1-3-12-25(19)21/h4-6,8-11,13H,1-3,7,12,14H2,(H,22,27). The summed E-state index contributed by atoms with van der Waals surface area (Å²) in [5, 5.41) is 22.2. The van der Waals surface area contributed by atoms with Gasteiger partial charge in [0.15, 0.2) is 12.4 Å². The third kappa shape index (κ3) is 4.45. The first kappa shape index (κ1) is 19.6. The molecule has 1 aliphatic rings. The fraction of sp³-hybridized carbons (Fsp3) is 0.286. The van der Waals surface area contributed by atoms with Gasteiger partial charge in [0.1, 0.15) is 11.6 Å². The Balaban J connectivity index is 1.40. The molecule has 0 atom stereocenters. The van der Waals surface area contributed by atoms with Gasteiger partial charge >= 0.3 is 0 Å². The summed E-state index contributed by atoms with van der Waals surface area (Å²) in [6, 6.07) is 13.1. The minimum atomic E-state index is -0.488. The van der Waals surface area contributed by atoms with Crippen molar-refractivity contribution in [2.45, 2.75) is 32.2 Å². The Bertz CT molecular complexity index is 1060. The average molecular weight is 407 g/mol. The summed E-state index contributed by atoms with van der Waals surface area (Å²) in [6.45, 7) is 0.694. The fourth-order valence-electron chi connectivity index (χ4n) is 3.44. The minimum absolute atomic E-state index is 0.0324. The average Bonchev–Trinajstić information content (AvgIpc) is 3.01. The first-order valence-electron chi connectivity index (χ1n) is 9.80. The van der Waals surface area contributed by atoms with E-state index in [9.17, 15) is 14.9 Å². The van der Waals surface area contributed by atoms with Crippen LogP contribution in [0.5, 0.6) is 5.75 Å². The van der Waals surface area contributed by atoms with Crippen LogP contribution in [0.4, 0.5) is 11.4 Å². The van der Waals surface area contributed by atoms with E-state index >= 15 is 0 Å².